The lowest BCUT2D eigenvalue weighted by atomic mass is 9.91. The average Bonchev–Trinajstić information content (AvgIpc) is 2.97. The number of fused-ring (bicyclic) bond motifs is 1. The van der Waals surface area contributed by atoms with E-state index in [-0.39, 0.29) is 0 Å². The van der Waals surface area contributed by atoms with Gasteiger partial charge in [0.1, 0.15) is 0 Å². The molecule has 1 fully saturated rings. The summed E-state index contributed by atoms with van der Waals surface area (Å²) in [5.74, 6) is 0. The molecule has 146 valence electrons. The second-order valence-corrected chi connectivity index (χ2v) is 7.23. The third-order valence-corrected chi connectivity index (χ3v) is 5.39. The van der Waals surface area contributed by atoms with Crippen LogP contribution in [-0.4, -0.2) is 31.1 Å². The van der Waals surface area contributed by atoms with Gasteiger partial charge in [0.2, 0.25) is 0 Å². The van der Waals surface area contributed by atoms with E-state index in [0.717, 1.165) is 42.4 Å². The minimum atomic E-state index is -4.38. The molecule has 1 unspecified atom stereocenters. The number of halogens is 3. The summed E-state index contributed by atoms with van der Waals surface area (Å²) in [6.07, 6.45) is -3.46. The predicted octanol–water partition coefficient (Wildman–Crippen LogP) is 5.24. The van der Waals surface area contributed by atoms with E-state index in [0.29, 0.717) is 12.1 Å². The van der Waals surface area contributed by atoms with E-state index in [2.05, 4.69) is 10.2 Å². The molecule has 3 aromatic carbocycles. The van der Waals surface area contributed by atoms with Crippen LogP contribution in [0.2, 0.25) is 0 Å². The zero-order valence-electron chi connectivity index (χ0n) is 15.5. The minimum Gasteiger partial charge on any atom is -0.315 e. The van der Waals surface area contributed by atoms with Crippen molar-refractivity contribution in [1.29, 1.82) is 0 Å². The number of hydrogen-bond donors (Lipinski definition) is 1. The van der Waals surface area contributed by atoms with Crippen LogP contribution in [0.5, 0.6) is 0 Å². The van der Waals surface area contributed by atoms with Crippen LogP contribution in [0, 0.1) is 0 Å². The van der Waals surface area contributed by atoms with E-state index in [1.807, 2.05) is 42.5 Å². The summed E-state index contributed by atoms with van der Waals surface area (Å²) in [7, 11) is 0. The Bertz CT molecular complexity index is 944. The molecule has 1 atom stereocenters. The fourth-order valence-corrected chi connectivity index (χ4v) is 4.08. The zero-order chi connectivity index (χ0) is 19.6. The molecule has 0 bridgehead atoms. The van der Waals surface area contributed by atoms with E-state index in [1.165, 1.54) is 12.1 Å². The van der Waals surface area contributed by atoms with Crippen molar-refractivity contribution in [3.63, 3.8) is 0 Å². The lowest BCUT2D eigenvalue weighted by molar-refractivity contribution is -0.138. The number of hydrogen-bond acceptors (Lipinski definition) is 2. The quantitative estimate of drug-likeness (QED) is 0.664. The molecular formula is C23H23F3N2. The van der Waals surface area contributed by atoms with Gasteiger partial charge in [-0.15, -0.1) is 0 Å². The Hall–Kier alpha value is -2.37. The summed E-state index contributed by atoms with van der Waals surface area (Å²) in [6, 6.07) is 19.5. The van der Waals surface area contributed by atoms with Gasteiger partial charge in [-0.05, 0) is 47.0 Å². The molecular weight excluding hydrogens is 361 g/mol. The van der Waals surface area contributed by atoms with Crippen molar-refractivity contribution >= 4 is 10.8 Å². The third-order valence-electron chi connectivity index (χ3n) is 5.39. The van der Waals surface area contributed by atoms with E-state index >= 15 is 0 Å². The van der Waals surface area contributed by atoms with Crippen molar-refractivity contribution in [2.75, 3.05) is 26.2 Å². The smallest absolute Gasteiger partial charge is 0.315 e. The van der Waals surface area contributed by atoms with Gasteiger partial charge in [-0.25, -0.2) is 0 Å². The fraction of sp³-hybridized carbons (Fsp3) is 0.304. The number of nitrogens with one attached hydrogen (secondary N) is 1. The number of rotatable bonds is 3. The second kappa shape index (κ2) is 7.94. The van der Waals surface area contributed by atoms with Gasteiger partial charge >= 0.3 is 6.18 Å². The van der Waals surface area contributed by atoms with Crippen molar-refractivity contribution in [2.24, 2.45) is 0 Å². The number of benzene rings is 3. The van der Waals surface area contributed by atoms with E-state index in [4.69, 9.17) is 0 Å². The van der Waals surface area contributed by atoms with Crippen LogP contribution in [0.1, 0.15) is 29.2 Å². The molecule has 28 heavy (non-hydrogen) atoms. The molecule has 0 amide bonds. The van der Waals surface area contributed by atoms with Gasteiger partial charge in [0.05, 0.1) is 11.6 Å². The van der Waals surface area contributed by atoms with E-state index in [1.54, 1.807) is 12.1 Å². The highest BCUT2D eigenvalue weighted by Crippen LogP contribution is 2.39. The molecule has 1 saturated heterocycles. The van der Waals surface area contributed by atoms with Crippen LogP contribution in [0.25, 0.3) is 10.8 Å². The Morgan fingerprint density at radius 1 is 0.821 bits per heavy atom. The first-order valence-electron chi connectivity index (χ1n) is 9.63. The summed E-state index contributed by atoms with van der Waals surface area (Å²) in [4.78, 5) is 2.18. The van der Waals surface area contributed by atoms with Gasteiger partial charge in [-0.2, -0.15) is 13.2 Å². The number of alkyl halides is 3. The maximum atomic E-state index is 13.8. The fourth-order valence-electron chi connectivity index (χ4n) is 4.08. The molecule has 0 aliphatic carbocycles. The van der Waals surface area contributed by atoms with Gasteiger partial charge < -0.3 is 5.32 Å². The molecule has 0 radical (unpaired) electrons. The molecule has 1 aliphatic heterocycles. The van der Waals surface area contributed by atoms with E-state index < -0.39 is 17.8 Å². The summed E-state index contributed by atoms with van der Waals surface area (Å²) < 4.78 is 41.4. The monoisotopic (exact) mass is 384 g/mol. The second-order valence-electron chi connectivity index (χ2n) is 7.23. The molecule has 1 N–H and O–H groups in total. The van der Waals surface area contributed by atoms with Gasteiger partial charge in [-0.1, -0.05) is 54.6 Å². The Balaban J connectivity index is 1.87. The Morgan fingerprint density at radius 2 is 1.57 bits per heavy atom. The zero-order valence-corrected chi connectivity index (χ0v) is 15.5. The normalized spacial score (nSPS) is 17.4. The Kier molecular flexibility index (Phi) is 5.38. The Morgan fingerprint density at radius 3 is 2.39 bits per heavy atom. The molecule has 1 aliphatic rings. The predicted molar refractivity (Wildman–Crippen MR) is 106 cm³/mol. The lowest BCUT2D eigenvalue weighted by Gasteiger charge is -2.33. The van der Waals surface area contributed by atoms with Gasteiger partial charge in [-0.3, -0.25) is 4.90 Å². The highest BCUT2D eigenvalue weighted by molar-refractivity contribution is 5.83. The molecule has 4 rings (SSSR count). The first kappa shape index (κ1) is 19.0. The van der Waals surface area contributed by atoms with Crippen LogP contribution in [0.4, 0.5) is 13.2 Å². The van der Waals surface area contributed by atoms with Crippen LogP contribution in [0.3, 0.4) is 0 Å². The summed E-state index contributed by atoms with van der Waals surface area (Å²) >= 11 is 0. The minimum absolute atomic E-state index is 0.326. The standard InChI is InChI=1S/C23H23F3N2/c24-23(25,26)21-9-4-3-8-20(21)22(28-14-5-12-27-13-15-28)19-11-10-17-6-1-2-7-18(17)16-19/h1-4,6-11,16,22,27H,5,12-15H2. The Labute approximate surface area is 163 Å². The first-order valence-corrected chi connectivity index (χ1v) is 9.63. The number of nitrogens with zero attached hydrogens (tertiary/aromatic N) is 1. The molecule has 0 saturated carbocycles. The van der Waals surface area contributed by atoms with Crippen molar-refractivity contribution in [3.8, 4) is 0 Å². The van der Waals surface area contributed by atoms with Crippen LogP contribution >= 0.6 is 0 Å². The van der Waals surface area contributed by atoms with E-state index in [9.17, 15) is 13.2 Å². The topological polar surface area (TPSA) is 15.3 Å². The highest BCUT2D eigenvalue weighted by Gasteiger charge is 2.37. The van der Waals surface area contributed by atoms with Gasteiger partial charge in [0.25, 0.3) is 0 Å². The van der Waals surface area contributed by atoms with Crippen molar-refractivity contribution in [3.05, 3.63) is 83.4 Å². The summed E-state index contributed by atoms with van der Waals surface area (Å²) in [5.41, 5.74) is 0.676. The van der Waals surface area contributed by atoms with Crippen LogP contribution in [-0.2, 0) is 6.18 Å². The van der Waals surface area contributed by atoms with Crippen molar-refractivity contribution < 1.29 is 13.2 Å². The SMILES string of the molecule is FC(F)(F)c1ccccc1C(c1ccc2ccccc2c1)N1CCCNCC1. The molecule has 5 heteroatoms. The molecule has 0 aromatic heterocycles. The van der Waals surface area contributed by atoms with Gasteiger partial charge in [0.15, 0.2) is 0 Å². The first-order chi connectivity index (χ1) is 13.5. The largest absolute Gasteiger partial charge is 0.416 e. The molecule has 1 heterocycles. The van der Waals surface area contributed by atoms with Gasteiger partial charge in [0, 0.05) is 19.6 Å². The van der Waals surface area contributed by atoms with Crippen LogP contribution < -0.4 is 5.32 Å². The average molecular weight is 384 g/mol. The lowest BCUT2D eigenvalue weighted by Crippen LogP contribution is -2.34. The molecule has 2 nitrogen and oxygen atoms in total. The third kappa shape index (κ3) is 3.91. The maximum absolute atomic E-state index is 13.8. The van der Waals surface area contributed by atoms with Crippen molar-refractivity contribution in [2.45, 2.75) is 18.6 Å². The molecule has 0 spiro atoms. The van der Waals surface area contributed by atoms with Crippen molar-refractivity contribution in [1.82, 2.24) is 10.2 Å². The summed E-state index contributed by atoms with van der Waals surface area (Å²) in [5, 5.41) is 5.48. The molecule has 3 aromatic rings. The highest BCUT2D eigenvalue weighted by atomic mass is 19.4. The maximum Gasteiger partial charge on any atom is 0.416 e. The summed E-state index contributed by atoms with van der Waals surface area (Å²) in [6.45, 7) is 3.14. The van der Waals surface area contributed by atoms with Crippen LogP contribution in [0.15, 0.2) is 66.7 Å².